The average Bonchev–Trinajstić information content (AvgIpc) is 3.23. The molecule has 134 valence electrons. The first-order chi connectivity index (χ1) is 12.0. The molecular formula is C17H22FN5O2. The van der Waals surface area contributed by atoms with Crippen LogP contribution < -0.4 is 15.5 Å². The molecular weight excluding hydrogens is 325 g/mol. The van der Waals surface area contributed by atoms with Gasteiger partial charge in [-0.15, -0.1) is 0 Å². The van der Waals surface area contributed by atoms with Crippen LogP contribution in [0.25, 0.3) is 0 Å². The number of amides is 2. The normalized spacial score (nSPS) is 15.2. The Labute approximate surface area is 145 Å². The molecule has 1 aliphatic rings. The van der Waals surface area contributed by atoms with Gasteiger partial charge < -0.3 is 20.6 Å². The molecule has 3 rings (SSSR count). The van der Waals surface area contributed by atoms with Crippen LogP contribution in [0.3, 0.4) is 0 Å². The fourth-order valence-corrected chi connectivity index (χ4v) is 2.90. The van der Waals surface area contributed by atoms with Gasteiger partial charge in [-0.25, -0.2) is 9.18 Å². The molecule has 2 amide bonds. The second-order valence-corrected chi connectivity index (χ2v) is 6.19. The van der Waals surface area contributed by atoms with Crippen molar-refractivity contribution in [2.45, 2.75) is 18.9 Å². The summed E-state index contributed by atoms with van der Waals surface area (Å²) < 4.78 is 15.4. The van der Waals surface area contributed by atoms with Crippen molar-refractivity contribution in [3.8, 4) is 0 Å². The van der Waals surface area contributed by atoms with Crippen molar-refractivity contribution in [1.82, 2.24) is 15.1 Å². The number of aliphatic hydroxyl groups is 1. The van der Waals surface area contributed by atoms with Crippen LogP contribution >= 0.6 is 0 Å². The molecule has 7 nitrogen and oxygen atoms in total. The highest BCUT2D eigenvalue weighted by molar-refractivity contribution is 5.89. The molecule has 1 saturated heterocycles. The van der Waals surface area contributed by atoms with E-state index in [1.54, 1.807) is 30.2 Å². The van der Waals surface area contributed by atoms with E-state index in [0.29, 0.717) is 11.3 Å². The first kappa shape index (κ1) is 17.2. The van der Waals surface area contributed by atoms with Gasteiger partial charge in [0.05, 0.1) is 12.3 Å². The number of urea groups is 1. The number of carbonyl (C=O) groups excluding carboxylic acids is 1. The van der Waals surface area contributed by atoms with Crippen molar-refractivity contribution >= 4 is 17.4 Å². The minimum absolute atomic E-state index is 0.0336. The maximum Gasteiger partial charge on any atom is 0.319 e. The van der Waals surface area contributed by atoms with E-state index in [1.807, 2.05) is 0 Å². The summed E-state index contributed by atoms with van der Waals surface area (Å²) in [5, 5.41) is 19.2. The summed E-state index contributed by atoms with van der Waals surface area (Å²) in [5.74, 6) is -0.393. The number of nitrogens with one attached hydrogen (secondary N) is 2. The molecule has 0 bridgehead atoms. The van der Waals surface area contributed by atoms with Gasteiger partial charge in [-0.2, -0.15) is 5.10 Å². The highest BCUT2D eigenvalue weighted by Crippen LogP contribution is 2.25. The van der Waals surface area contributed by atoms with Crippen LogP contribution in [-0.4, -0.2) is 40.6 Å². The highest BCUT2D eigenvalue weighted by Gasteiger charge is 2.15. The van der Waals surface area contributed by atoms with Crippen LogP contribution in [-0.2, 0) is 7.05 Å². The Bertz CT molecular complexity index is 742. The molecule has 1 aliphatic heterocycles. The van der Waals surface area contributed by atoms with Gasteiger partial charge >= 0.3 is 6.03 Å². The van der Waals surface area contributed by atoms with Gasteiger partial charge in [0.1, 0.15) is 5.82 Å². The molecule has 0 unspecified atom stereocenters. The Kier molecular flexibility index (Phi) is 5.18. The van der Waals surface area contributed by atoms with Crippen molar-refractivity contribution < 1.29 is 14.3 Å². The van der Waals surface area contributed by atoms with E-state index >= 15 is 0 Å². The zero-order valence-electron chi connectivity index (χ0n) is 14.1. The predicted molar refractivity (Wildman–Crippen MR) is 93.0 cm³/mol. The Morgan fingerprint density at radius 1 is 1.36 bits per heavy atom. The smallest absolute Gasteiger partial charge is 0.319 e. The maximum absolute atomic E-state index is 13.8. The van der Waals surface area contributed by atoms with Crippen molar-refractivity contribution in [2.24, 2.45) is 7.05 Å². The fraction of sp³-hybridized carbons (Fsp3) is 0.412. The zero-order valence-corrected chi connectivity index (χ0v) is 14.1. The topological polar surface area (TPSA) is 82.4 Å². The van der Waals surface area contributed by atoms with Crippen LogP contribution in [0.4, 0.5) is 20.6 Å². The van der Waals surface area contributed by atoms with E-state index < -0.39 is 18.0 Å². The number of aryl methyl sites for hydroxylation is 1. The van der Waals surface area contributed by atoms with Gasteiger partial charge in [0.25, 0.3) is 0 Å². The van der Waals surface area contributed by atoms with E-state index in [0.717, 1.165) is 31.6 Å². The minimum atomic E-state index is -0.855. The third kappa shape index (κ3) is 4.48. The van der Waals surface area contributed by atoms with E-state index in [1.165, 1.54) is 12.1 Å². The summed E-state index contributed by atoms with van der Waals surface area (Å²) in [6.45, 7) is 1.82. The summed E-state index contributed by atoms with van der Waals surface area (Å²) >= 11 is 0. The number of halogens is 1. The van der Waals surface area contributed by atoms with Crippen molar-refractivity contribution in [3.05, 3.63) is 42.0 Å². The van der Waals surface area contributed by atoms with Crippen LogP contribution in [0.1, 0.15) is 24.5 Å². The lowest BCUT2D eigenvalue weighted by molar-refractivity contribution is 0.175. The number of anilines is 2. The highest BCUT2D eigenvalue weighted by atomic mass is 19.1. The van der Waals surface area contributed by atoms with E-state index in [4.69, 9.17) is 0 Å². The molecule has 1 aromatic heterocycles. The van der Waals surface area contributed by atoms with Crippen LogP contribution in [0.2, 0.25) is 0 Å². The summed E-state index contributed by atoms with van der Waals surface area (Å²) in [5.41, 5.74) is 1.77. The Morgan fingerprint density at radius 2 is 2.12 bits per heavy atom. The standard InChI is InChI=1S/C17H22FN5O2/c1-22-11-12(9-20-22)16(24)10-19-17(25)21-14-6-13(18)7-15(8-14)23-4-2-3-5-23/h6-9,11,16,24H,2-5,10H2,1H3,(H2,19,21,25)/t16-/m1/s1. The lowest BCUT2D eigenvalue weighted by Crippen LogP contribution is -2.32. The SMILES string of the molecule is Cn1cc([C@H](O)CNC(=O)Nc2cc(F)cc(N3CCCC3)c2)cn1. The van der Waals surface area contributed by atoms with Gasteiger partial charge in [0.2, 0.25) is 0 Å². The Hall–Kier alpha value is -2.61. The molecule has 1 atom stereocenters. The van der Waals surface area contributed by atoms with Crippen LogP contribution in [0.15, 0.2) is 30.6 Å². The van der Waals surface area contributed by atoms with Crippen molar-refractivity contribution in [3.63, 3.8) is 0 Å². The van der Waals surface area contributed by atoms with E-state index in [9.17, 15) is 14.3 Å². The summed E-state index contributed by atoms with van der Waals surface area (Å²) in [6.07, 6.45) is 4.54. The summed E-state index contributed by atoms with van der Waals surface area (Å²) in [7, 11) is 1.75. The lowest BCUT2D eigenvalue weighted by atomic mass is 10.2. The summed E-state index contributed by atoms with van der Waals surface area (Å²) in [4.78, 5) is 14.1. The average molecular weight is 347 g/mol. The second kappa shape index (κ2) is 7.52. The molecule has 3 N–H and O–H groups in total. The molecule has 25 heavy (non-hydrogen) atoms. The molecule has 0 spiro atoms. The minimum Gasteiger partial charge on any atom is -0.386 e. The van der Waals surface area contributed by atoms with E-state index in [2.05, 4.69) is 20.6 Å². The number of nitrogens with zero attached hydrogens (tertiary/aromatic N) is 3. The number of carbonyl (C=O) groups is 1. The number of aliphatic hydroxyl groups excluding tert-OH is 1. The zero-order chi connectivity index (χ0) is 17.8. The van der Waals surface area contributed by atoms with Gasteiger partial charge in [-0.05, 0) is 31.0 Å². The van der Waals surface area contributed by atoms with Gasteiger partial charge in [0, 0.05) is 49.8 Å². The second-order valence-electron chi connectivity index (χ2n) is 6.19. The van der Waals surface area contributed by atoms with Crippen molar-refractivity contribution in [2.75, 3.05) is 29.9 Å². The molecule has 1 aromatic carbocycles. The molecule has 0 saturated carbocycles. The molecule has 2 heterocycles. The molecule has 1 fully saturated rings. The third-order valence-corrected chi connectivity index (χ3v) is 4.18. The number of rotatable bonds is 5. The number of hydrogen-bond donors (Lipinski definition) is 3. The maximum atomic E-state index is 13.8. The molecule has 8 heteroatoms. The number of benzene rings is 1. The van der Waals surface area contributed by atoms with E-state index in [-0.39, 0.29) is 6.54 Å². The third-order valence-electron chi connectivity index (χ3n) is 4.18. The van der Waals surface area contributed by atoms with Crippen molar-refractivity contribution in [1.29, 1.82) is 0 Å². The molecule has 0 radical (unpaired) electrons. The molecule has 0 aliphatic carbocycles. The first-order valence-corrected chi connectivity index (χ1v) is 8.28. The van der Waals surface area contributed by atoms with Gasteiger partial charge in [0.15, 0.2) is 0 Å². The summed E-state index contributed by atoms with van der Waals surface area (Å²) in [6, 6.07) is 4.00. The van der Waals surface area contributed by atoms with Gasteiger partial charge in [-0.1, -0.05) is 0 Å². The number of aromatic nitrogens is 2. The van der Waals surface area contributed by atoms with Gasteiger partial charge in [-0.3, -0.25) is 4.68 Å². The van der Waals surface area contributed by atoms with Crippen LogP contribution in [0, 0.1) is 5.82 Å². The largest absolute Gasteiger partial charge is 0.386 e. The molecule has 2 aromatic rings. The number of hydrogen-bond acceptors (Lipinski definition) is 4. The first-order valence-electron chi connectivity index (χ1n) is 8.28. The Morgan fingerprint density at radius 3 is 2.80 bits per heavy atom. The lowest BCUT2D eigenvalue weighted by Gasteiger charge is -2.19. The Balaban J connectivity index is 1.57. The quantitative estimate of drug-likeness (QED) is 0.773. The van der Waals surface area contributed by atoms with Crippen LogP contribution in [0.5, 0.6) is 0 Å². The predicted octanol–water partition coefficient (Wildman–Crippen LogP) is 2.01. The monoisotopic (exact) mass is 347 g/mol. The fourth-order valence-electron chi connectivity index (χ4n) is 2.90.